The van der Waals surface area contributed by atoms with E-state index in [0.29, 0.717) is 31.9 Å². The Kier molecular flexibility index (Phi) is 6.70. The molecule has 33 heavy (non-hydrogen) atoms. The van der Waals surface area contributed by atoms with Crippen molar-refractivity contribution in [1.29, 1.82) is 0 Å². The fourth-order valence-electron chi connectivity index (χ4n) is 4.19. The molecule has 1 aliphatic rings. The number of ether oxygens (including phenoxy) is 1. The van der Waals surface area contributed by atoms with Gasteiger partial charge in [0.05, 0.1) is 13.2 Å². The van der Waals surface area contributed by atoms with Gasteiger partial charge in [0.2, 0.25) is 5.91 Å². The summed E-state index contributed by atoms with van der Waals surface area (Å²) in [6.45, 7) is 5.40. The van der Waals surface area contributed by atoms with Gasteiger partial charge in [-0.1, -0.05) is 12.1 Å². The normalized spacial score (nSPS) is 16.9. The Bertz CT molecular complexity index is 1150. The number of fused-ring (bicyclic) bond motifs is 1. The molecule has 2 aromatic carbocycles. The van der Waals surface area contributed by atoms with Crippen molar-refractivity contribution in [3.05, 3.63) is 77.9 Å². The van der Waals surface area contributed by atoms with Crippen LogP contribution in [0.3, 0.4) is 0 Å². The van der Waals surface area contributed by atoms with Crippen molar-refractivity contribution >= 4 is 22.6 Å². The lowest BCUT2D eigenvalue weighted by atomic mass is 9.96. The summed E-state index contributed by atoms with van der Waals surface area (Å²) in [6.07, 6.45) is 4.41. The van der Waals surface area contributed by atoms with E-state index < -0.39 is 17.3 Å². The largest absolute Gasteiger partial charge is 0.379 e. The van der Waals surface area contributed by atoms with Crippen molar-refractivity contribution < 1.29 is 18.7 Å². The van der Waals surface area contributed by atoms with Crippen LogP contribution in [0.2, 0.25) is 0 Å². The molecule has 7 heteroatoms. The highest BCUT2D eigenvalue weighted by Crippen LogP contribution is 2.21. The van der Waals surface area contributed by atoms with Gasteiger partial charge in [0, 0.05) is 42.4 Å². The van der Waals surface area contributed by atoms with Gasteiger partial charge in [0.1, 0.15) is 11.4 Å². The number of benzene rings is 2. The number of amides is 2. The fraction of sp³-hybridized carbons (Fsp3) is 0.346. The van der Waals surface area contributed by atoms with Crippen LogP contribution < -0.4 is 5.32 Å². The summed E-state index contributed by atoms with van der Waals surface area (Å²) in [7, 11) is 0. The second-order valence-electron chi connectivity index (χ2n) is 9.04. The number of halogens is 1. The number of pyridine rings is 1. The summed E-state index contributed by atoms with van der Waals surface area (Å²) >= 11 is 0. The number of carbonyl (C=O) groups excluding carboxylic acids is 2. The lowest BCUT2D eigenvalue weighted by Crippen LogP contribution is -2.56. The fourth-order valence-corrected chi connectivity index (χ4v) is 4.19. The highest BCUT2D eigenvalue weighted by molar-refractivity contribution is 5.98. The Morgan fingerprint density at radius 1 is 1.15 bits per heavy atom. The van der Waals surface area contributed by atoms with E-state index >= 15 is 0 Å². The van der Waals surface area contributed by atoms with Gasteiger partial charge in [-0.2, -0.15) is 0 Å². The van der Waals surface area contributed by atoms with E-state index in [1.807, 2.05) is 12.3 Å². The predicted octanol–water partition coefficient (Wildman–Crippen LogP) is 3.60. The van der Waals surface area contributed by atoms with Crippen LogP contribution in [0, 0.1) is 11.7 Å². The molecule has 0 aliphatic carbocycles. The van der Waals surface area contributed by atoms with Crippen LogP contribution in [0.15, 0.2) is 60.9 Å². The molecule has 2 heterocycles. The lowest BCUT2D eigenvalue weighted by molar-refractivity contribution is -0.137. The number of hydrogen-bond acceptors (Lipinski definition) is 4. The molecule has 1 aliphatic heterocycles. The van der Waals surface area contributed by atoms with Crippen LogP contribution in [0.25, 0.3) is 10.8 Å². The molecular weight excluding hydrogens is 421 g/mol. The van der Waals surface area contributed by atoms with Crippen molar-refractivity contribution in [2.45, 2.75) is 25.8 Å². The van der Waals surface area contributed by atoms with Gasteiger partial charge in [-0.3, -0.25) is 14.6 Å². The average Bonchev–Trinajstić information content (AvgIpc) is 3.04. The van der Waals surface area contributed by atoms with Gasteiger partial charge in [0.25, 0.3) is 5.91 Å². The lowest BCUT2D eigenvalue weighted by Gasteiger charge is -2.33. The molecule has 1 atom stereocenters. The standard InChI is InChI=1S/C26H28FN3O3/c1-26(2,29-24(31)21-5-7-23(27)8-6-21)25(32)30-11-12-33-17-19(16-30)13-18-3-4-20-9-10-28-15-22(20)14-18/h3-10,14-15,19H,11-13,16-17H2,1-2H3,(H,29,31). The first-order chi connectivity index (χ1) is 15.8. The van der Waals surface area contributed by atoms with Gasteiger partial charge in [-0.25, -0.2) is 4.39 Å². The van der Waals surface area contributed by atoms with Gasteiger partial charge in [0.15, 0.2) is 0 Å². The van der Waals surface area contributed by atoms with E-state index in [1.54, 1.807) is 24.9 Å². The second kappa shape index (κ2) is 9.67. The first kappa shape index (κ1) is 22.9. The summed E-state index contributed by atoms with van der Waals surface area (Å²) in [6, 6.07) is 13.6. The van der Waals surface area contributed by atoms with Crippen LogP contribution in [0.4, 0.5) is 4.39 Å². The number of nitrogens with zero attached hydrogens (tertiary/aromatic N) is 2. The maximum atomic E-state index is 13.4. The van der Waals surface area contributed by atoms with Crippen LogP contribution in [-0.2, 0) is 16.0 Å². The molecule has 172 valence electrons. The first-order valence-corrected chi connectivity index (χ1v) is 11.1. The zero-order valence-corrected chi connectivity index (χ0v) is 18.9. The molecule has 3 aromatic rings. The molecule has 0 saturated carbocycles. The first-order valence-electron chi connectivity index (χ1n) is 11.1. The van der Waals surface area contributed by atoms with E-state index in [2.05, 4.69) is 28.5 Å². The number of aromatic nitrogens is 1. The summed E-state index contributed by atoms with van der Waals surface area (Å²) in [5, 5.41) is 5.02. The third kappa shape index (κ3) is 5.54. The van der Waals surface area contributed by atoms with E-state index in [1.165, 1.54) is 29.8 Å². The van der Waals surface area contributed by atoms with Gasteiger partial charge < -0.3 is 15.0 Å². The van der Waals surface area contributed by atoms with E-state index in [-0.39, 0.29) is 11.8 Å². The van der Waals surface area contributed by atoms with E-state index in [4.69, 9.17) is 4.74 Å². The average molecular weight is 450 g/mol. The third-order valence-electron chi connectivity index (χ3n) is 5.92. The molecule has 1 N–H and O–H groups in total. The topological polar surface area (TPSA) is 71.5 Å². The molecule has 2 amide bonds. The Morgan fingerprint density at radius 3 is 2.73 bits per heavy atom. The van der Waals surface area contributed by atoms with Crippen molar-refractivity contribution in [2.24, 2.45) is 5.92 Å². The quantitative estimate of drug-likeness (QED) is 0.646. The van der Waals surface area contributed by atoms with Crippen LogP contribution in [0.1, 0.15) is 29.8 Å². The monoisotopic (exact) mass is 449 g/mol. The van der Waals surface area contributed by atoms with Gasteiger partial charge in [-0.15, -0.1) is 0 Å². The highest BCUT2D eigenvalue weighted by atomic mass is 19.1. The van der Waals surface area contributed by atoms with Crippen molar-refractivity contribution in [3.8, 4) is 0 Å². The molecule has 0 radical (unpaired) electrons. The molecule has 4 rings (SSSR count). The molecule has 1 fully saturated rings. The molecule has 0 spiro atoms. The minimum Gasteiger partial charge on any atom is -0.379 e. The van der Waals surface area contributed by atoms with Gasteiger partial charge in [-0.05, 0) is 67.6 Å². The van der Waals surface area contributed by atoms with Crippen molar-refractivity contribution in [3.63, 3.8) is 0 Å². The van der Waals surface area contributed by atoms with Crippen molar-refractivity contribution in [1.82, 2.24) is 15.2 Å². The molecule has 6 nitrogen and oxygen atoms in total. The Hall–Kier alpha value is -3.32. The van der Waals surface area contributed by atoms with Crippen LogP contribution >= 0.6 is 0 Å². The minimum absolute atomic E-state index is 0.133. The Balaban J connectivity index is 1.43. The molecule has 1 aromatic heterocycles. The zero-order valence-electron chi connectivity index (χ0n) is 18.9. The minimum atomic E-state index is -1.12. The zero-order chi connectivity index (χ0) is 23.4. The summed E-state index contributed by atoms with van der Waals surface area (Å²) in [5.74, 6) is -0.869. The molecular formula is C26H28FN3O3. The summed E-state index contributed by atoms with van der Waals surface area (Å²) in [4.78, 5) is 31.9. The number of rotatable bonds is 5. The van der Waals surface area contributed by atoms with Gasteiger partial charge >= 0.3 is 0 Å². The molecule has 0 bridgehead atoms. The maximum absolute atomic E-state index is 13.4. The maximum Gasteiger partial charge on any atom is 0.252 e. The van der Waals surface area contributed by atoms with Crippen LogP contribution in [-0.4, -0.2) is 53.5 Å². The molecule has 1 saturated heterocycles. The third-order valence-corrected chi connectivity index (χ3v) is 5.92. The Labute approximate surface area is 192 Å². The molecule has 1 unspecified atom stereocenters. The van der Waals surface area contributed by atoms with E-state index in [9.17, 15) is 14.0 Å². The SMILES string of the molecule is CC(C)(NC(=O)c1ccc(F)cc1)C(=O)N1CCOCC(Cc2ccc3ccncc3c2)C1. The summed E-state index contributed by atoms with van der Waals surface area (Å²) < 4.78 is 19.0. The van der Waals surface area contributed by atoms with Crippen molar-refractivity contribution in [2.75, 3.05) is 26.3 Å². The second-order valence-corrected chi connectivity index (χ2v) is 9.04. The smallest absolute Gasteiger partial charge is 0.252 e. The number of carbonyl (C=O) groups is 2. The predicted molar refractivity (Wildman–Crippen MR) is 124 cm³/mol. The highest BCUT2D eigenvalue weighted by Gasteiger charge is 2.35. The summed E-state index contributed by atoms with van der Waals surface area (Å²) in [5.41, 5.74) is 0.358. The van der Waals surface area contributed by atoms with E-state index in [0.717, 1.165) is 17.2 Å². The Morgan fingerprint density at radius 2 is 1.94 bits per heavy atom. The van der Waals surface area contributed by atoms with Crippen LogP contribution in [0.5, 0.6) is 0 Å². The number of hydrogen-bond donors (Lipinski definition) is 1. The number of nitrogens with one attached hydrogen (secondary N) is 1.